The molecule has 0 spiro atoms. The van der Waals surface area contributed by atoms with Crippen LogP contribution < -0.4 is 5.73 Å². The first-order valence-electron chi connectivity index (χ1n) is 7.11. The lowest BCUT2D eigenvalue weighted by molar-refractivity contribution is -0.131. The average molecular weight is 260 g/mol. The first-order valence-corrected chi connectivity index (χ1v) is 7.11. The summed E-state index contributed by atoms with van der Waals surface area (Å²) < 4.78 is 0. The fraction of sp³-hybridized carbons (Fsp3) is 0.562. The maximum absolute atomic E-state index is 12.2. The van der Waals surface area contributed by atoms with Gasteiger partial charge in [-0.1, -0.05) is 36.2 Å². The van der Waals surface area contributed by atoms with E-state index in [9.17, 15) is 4.79 Å². The van der Waals surface area contributed by atoms with Crippen LogP contribution in [0, 0.1) is 12.8 Å². The highest BCUT2D eigenvalue weighted by molar-refractivity contribution is 5.76. The van der Waals surface area contributed by atoms with E-state index in [1.807, 2.05) is 18.0 Å². The molecule has 1 aromatic carbocycles. The van der Waals surface area contributed by atoms with Crippen LogP contribution in [-0.4, -0.2) is 23.9 Å². The molecule has 1 amide bonds. The lowest BCUT2D eigenvalue weighted by Gasteiger charge is -2.21. The molecule has 1 aliphatic rings. The van der Waals surface area contributed by atoms with E-state index in [0.717, 1.165) is 12.8 Å². The van der Waals surface area contributed by atoms with Gasteiger partial charge in [-0.3, -0.25) is 4.79 Å². The van der Waals surface area contributed by atoms with E-state index in [-0.39, 0.29) is 11.9 Å². The quantitative estimate of drug-likeness (QED) is 0.904. The Bertz CT molecular complexity index is 444. The van der Waals surface area contributed by atoms with Crippen LogP contribution in [0.4, 0.5) is 0 Å². The smallest absolute Gasteiger partial charge is 0.222 e. The van der Waals surface area contributed by atoms with Gasteiger partial charge in [0.15, 0.2) is 0 Å². The molecule has 0 heterocycles. The third kappa shape index (κ3) is 3.80. The van der Waals surface area contributed by atoms with Crippen molar-refractivity contribution in [3.05, 3.63) is 35.4 Å². The fourth-order valence-electron chi connectivity index (χ4n) is 2.87. The van der Waals surface area contributed by atoms with Crippen LogP contribution in [-0.2, 0) is 11.3 Å². The van der Waals surface area contributed by atoms with Gasteiger partial charge in [0.2, 0.25) is 5.91 Å². The molecule has 0 bridgehead atoms. The van der Waals surface area contributed by atoms with Gasteiger partial charge >= 0.3 is 0 Å². The molecule has 0 saturated heterocycles. The number of benzene rings is 1. The average Bonchev–Trinajstić information content (AvgIpc) is 2.75. The highest BCUT2D eigenvalue weighted by Gasteiger charge is 2.27. The number of nitrogens with zero attached hydrogens (tertiary/aromatic N) is 1. The van der Waals surface area contributed by atoms with Crippen LogP contribution in [0.1, 0.15) is 36.8 Å². The molecular formula is C16H24N2O. The zero-order valence-corrected chi connectivity index (χ0v) is 11.9. The molecule has 0 radical (unpaired) electrons. The molecule has 1 fully saturated rings. The van der Waals surface area contributed by atoms with Crippen LogP contribution in [0.25, 0.3) is 0 Å². The normalized spacial score (nSPS) is 22.5. The third-order valence-electron chi connectivity index (χ3n) is 4.08. The number of carbonyl (C=O) groups is 1. The molecule has 2 rings (SSSR count). The zero-order valence-electron chi connectivity index (χ0n) is 11.9. The SMILES string of the molecule is Cc1cccc(CN(C)C(=O)C[C@@H]2CCC[C@H]2N)c1. The van der Waals surface area contributed by atoms with E-state index in [1.165, 1.54) is 17.5 Å². The fourth-order valence-corrected chi connectivity index (χ4v) is 2.87. The Morgan fingerprint density at radius 2 is 2.21 bits per heavy atom. The van der Waals surface area contributed by atoms with Crippen LogP contribution in [0.3, 0.4) is 0 Å². The minimum Gasteiger partial charge on any atom is -0.341 e. The second-order valence-electron chi connectivity index (χ2n) is 5.80. The molecule has 104 valence electrons. The number of hydrogen-bond donors (Lipinski definition) is 1. The molecule has 1 saturated carbocycles. The third-order valence-corrected chi connectivity index (χ3v) is 4.08. The first kappa shape index (κ1) is 14.1. The van der Waals surface area contributed by atoms with E-state index in [0.29, 0.717) is 18.9 Å². The predicted molar refractivity (Wildman–Crippen MR) is 77.6 cm³/mol. The summed E-state index contributed by atoms with van der Waals surface area (Å²) in [6.45, 7) is 2.76. The lowest BCUT2D eigenvalue weighted by atomic mass is 9.99. The van der Waals surface area contributed by atoms with Gasteiger partial charge in [0.1, 0.15) is 0 Å². The van der Waals surface area contributed by atoms with Crippen LogP contribution in [0.5, 0.6) is 0 Å². The van der Waals surface area contributed by atoms with Crippen LogP contribution in [0.2, 0.25) is 0 Å². The van der Waals surface area contributed by atoms with Crippen molar-refractivity contribution in [3.63, 3.8) is 0 Å². The maximum atomic E-state index is 12.2. The topological polar surface area (TPSA) is 46.3 Å². The van der Waals surface area contributed by atoms with Gasteiger partial charge in [-0.25, -0.2) is 0 Å². The summed E-state index contributed by atoms with van der Waals surface area (Å²) in [4.78, 5) is 14.0. The summed E-state index contributed by atoms with van der Waals surface area (Å²) in [5, 5.41) is 0. The van der Waals surface area contributed by atoms with Gasteiger partial charge in [-0.2, -0.15) is 0 Å². The maximum Gasteiger partial charge on any atom is 0.222 e. The Morgan fingerprint density at radius 3 is 2.84 bits per heavy atom. The first-order chi connectivity index (χ1) is 9.06. The van der Waals surface area contributed by atoms with Gasteiger partial charge in [-0.05, 0) is 31.2 Å². The number of hydrogen-bond acceptors (Lipinski definition) is 2. The summed E-state index contributed by atoms with van der Waals surface area (Å²) in [6, 6.07) is 8.53. The summed E-state index contributed by atoms with van der Waals surface area (Å²) in [5.74, 6) is 0.594. The molecule has 1 aliphatic carbocycles. The number of nitrogens with two attached hydrogens (primary N) is 1. The van der Waals surface area contributed by atoms with E-state index in [2.05, 4.69) is 25.1 Å². The molecule has 2 atom stereocenters. The minimum absolute atomic E-state index is 0.212. The molecule has 19 heavy (non-hydrogen) atoms. The molecule has 0 unspecified atom stereocenters. The number of amides is 1. The van der Waals surface area contributed by atoms with Crippen LogP contribution >= 0.6 is 0 Å². The Hall–Kier alpha value is -1.35. The lowest BCUT2D eigenvalue weighted by Crippen LogP contribution is -2.32. The van der Waals surface area contributed by atoms with Crippen molar-refractivity contribution < 1.29 is 4.79 Å². The van der Waals surface area contributed by atoms with Gasteiger partial charge in [-0.15, -0.1) is 0 Å². The van der Waals surface area contributed by atoms with E-state index < -0.39 is 0 Å². The molecule has 3 nitrogen and oxygen atoms in total. The monoisotopic (exact) mass is 260 g/mol. The number of rotatable bonds is 4. The molecule has 3 heteroatoms. The second kappa shape index (κ2) is 6.20. The van der Waals surface area contributed by atoms with Crippen molar-refractivity contribution in [1.82, 2.24) is 4.90 Å². The van der Waals surface area contributed by atoms with Crippen molar-refractivity contribution in [2.45, 2.75) is 45.2 Å². The Kier molecular flexibility index (Phi) is 4.59. The van der Waals surface area contributed by atoms with Gasteiger partial charge in [0, 0.05) is 26.1 Å². The molecular weight excluding hydrogens is 236 g/mol. The van der Waals surface area contributed by atoms with E-state index in [4.69, 9.17) is 5.73 Å². The van der Waals surface area contributed by atoms with Crippen molar-refractivity contribution in [1.29, 1.82) is 0 Å². The van der Waals surface area contributed by atoms with Gasteiger partial charge in [0.05, 0.1) is 0 Å². The van der Waals surface area contributed by atoms with E-state index in [1.54, 1.807) is 0 Å². The largest absolute Gasteiger partial charge is 0.341 e. The van der Waals surface area contributed by atoms with E-state index >= 15 is 0 Å². The Labute approximate surface area is 115 Å². The van der Waals surface area contributed by atoms with Gasteiger partial charge < -0.3 is 10.6 Å². The summed E-state index contributed by atoms with van der Waals surface area (Å²) in [5.41, 5.74) is 8.45. The van der Waals surface area contributed by atoms with Crippen molar-refractivity contribution in [2.75, 3.05) is 7.05 Å². The Morgan fingerprint density at radius 1 is 1.42 bits per heavy atom. The van der Waals surface area contributed by atoms with Gasteiger partial charge in [0.25, 0.3) is 0 Å². The van der Waals surface area contributed by atoms with Crippen LogP contribution in [0.15, 0.2) is 24.3 Å². The molecule has 1 aromatic rings. The highest BCUT2D eigenvalue weighted by Crippen LogP contribution is 2.27. The Balaban J connectivity index is 1.88. The second-order valence-corrected chi connectivity index (χ2v) is 5.80. The predicted octanol–water partition coefficient (Wildman–Crippen LogP) is 2.47. The summed E-state index contributed by atoms with van der Waals surface area (Å²) in [6.07, 6.45) is 3.94. The van der Waals surface area contributed by atoms with Crippen molar-refractivity contribution >= 4 is 5.91 Å². The summed E-state index contributed by atoms with van der Waals surface area (Å²) in [7, 11) is 1.88. The van der Waals surface area contributed by atoms with Crippen molar-refractivity contribution in [2.24, 2.45) is 11.7 Å². The number of aryl methyl sites for hydroxylation is 1. The number of carbonyl (C=O) groups excluding carboxylic acids is 1. The molecule has 0 aromatic heterocycles. The minimum atomic E-state index is 0.212. The zero-order chi connectivity index (χ0) is 13.8. The molecule has 0 aliphatic heterocycles. The highest BCUT2D eigenvalue weighted by atomic mass is 16.2. The standard InChI is InChI=1S/C16H24N2O/c1-12-5-3-6-13(9-12)11-18(2)16(19)10-14-7-4-8-15(14)17/h3,5-6,9,14-15H,4,7-8,10-11,17H2,1-2H3/t14-,15+/m0/s1. The summed E-state index contributed by atoms with van der Waals surface area (Å²) >= 11 is 0. The van der Waals surface area contributed by atoms with Crippen molar-refractivity contribution in [3.8, 4) is 0 Å². The molecule has 2 N–H and O–H groups in total.